The number of carbonyl (C=O) groups is 2. The zero-order valence-electron chi connectivity index (χ0n) is 10.7. The number of carbonyl (C=O) groups excluding carboxylic acids is 1. The fourth-order valence-corrected chi connectivity index (χ4v) is 2.78. The first-order chi connectivity index (χ1) is 9.43. The topological polar surface area (TPSA) is 87.1 Å². The molecular formula is C13H14BrNO5. The van der Waals surface area contributed by atoms with Crippen molar-refractivity contribution < 1.29 is 24.5 Å². The second-order valence-corrected chi connectivity index (χ2v) is 5.40. The number of ether oxygens (including phenoxy) is 1. The Balaban J connectivity index is 2.26. The minimum Gasteiger partial charge on any atom is -0.496 e. The first kappa shape index (κ1) is 14.8. The Morgan fingerprint density at radius 2 is 2.15 bits per heavy atom. The molecule has 1 fully saturated rings. The molecule has 1 aliphatic heterocycles. The highest BCUT2D eigenvalue weighted by atomic mass is 79.9. The van der Waals surface area contributed by atoms with E-state index in [2.05, 4.69) is 15.9 Å². The van der Waals surface area contributed by atoms with Gasteiger partial charge in [0.25, 0.3) is 5.91 Å². The van der Waals surface area contributed by atoms with Crippen LogP contribution in [-0.2, 0) is 4.79 Å². The number of hydrogen-bond acceptors (Lipinski definition) is 4. The van der Waals surface area contributed by atoms with Crippen LogP contribution >= 0.6 is 15.9 Å². The number of aliphatic carboxylic acids is 1. The number of benzene rings is 1. The van der Waals surface area contributed by atoms with Crippen LogP contribution in [0.3, 0.4) is 0 Å². The monoisotopic (exact) mass is 343 g/mol. The number of methoxy groups -OCH3 is 1. The number of β-amino-alcohol motifs (C(OH)–C–C–N with tert-alkyl or cyclic N) is 1. The number of halogens is 1. The average molecular weight is 344 g/mol. The third kappa shape index (κ3) is 2.78. The molecule has 0 unspecified atom stereocenters. The Morgan fingerprint density at radius 1 is 1.45 bits per heavy atom. The van der Waals surface area contributed by atoms with E-state index in [9.17, 15) is 14.7 Å². The average Bonchev–Trinajstić information content (AvgIpc) is 2.80. The van der Waals surface area contributed by atoms with Crippen LogP contribution in [0.15, 0.2) is 22.7 Å². The van der Waals surface area contributed by atoms with E-state index in [0.29, 0.717) is 15.8 Å². The number of carboxylic acid groups (broad SMARTS) is 1. The van der Waals surface area contributed by atoms with Crippen molar-refractivity contribution in [1.82, 2.24) is 4.90 Å². The largest absolute Gasteiger partial charge is 0.496 e. The van der Waals surface area contributed by atoms with E-state index >= 15 is 0 Å². The number of hydrogen-bond donors (Lipinski definition) is 2. The number of aliphatic hydroxyl groups is 1. The molecule has 2 rings (SSSR count). The number of rotatable bonds is 3. The molecule has 1 saturated heterocycles. The van der Waals surface area contributed by atoms with E-state index in [1.54, 1.807) is 18.2 Å². The lowest BCUT2D eigenvalue weighted by Gasteiger charge is -2.21. The van der Waals surface area contributed by atoms with Crippen LogP contribution in [0.4, 0.5) is 0 Å². The first-order valence-corrected chi connectivity index (χ1v) is 6.78. The predicted octanol–water partition coefficient (Wildman–Crippen LogP) is 1.12. The Hall–Kier alpha value is -1.60. The summed E-state index contributed by atoms with van der Waals surface area (Å²) >= 11 is 3.28. The van der Waals surface area contributed by atoms with E-state index in [1.165, 1.54) is 12.0 Å². The lowest BCUT2D eigenvalue weighted by Crippen LogP contribution is -2.40. The third-order valence-electron chi connectivity index (χ3n) is 3.22. The van der Waals surface area contributed by atoms with E-state index in [1.807, 2.05) is 0 Å². The van der Waals surface area contributed by atoms with Crippen molar-refractivity contribution in [2.75, 3.05) is 13.7 Å². The Labute approximate surface area is 124 Å². The zero-order valence-corrected chi connectivity index (χ0v) is 12.3. The van der Waals surface area contributed by atoms with Crippen molar-refractivity contribution in [1.29, 1.82) is 0 Å². The second kappa shape index (κ2) is 5.80. The van der Waals surface area contributed by atoms with Gasteiger partial charge in [-0.2, -0.15) is 0 Å². The van der Waals surface area contributed by atoms with Gasteiger partial charge in [0.1, 0.15) is 11.8 Å². The van der Waals surface area contributed by atoms with Gasteiger partial charge in [-0.15, -0.1) is 0 Å². The van der Waals surface area contributed by atoms with Gasteiger partial charge < -0.3 is 19.8 Å². The maximum Gasteiger partial charge on any atom is 0.326 e. The van der Waals surface area contributed by atoms with Gasteiger partial charge in [0.05, 0.1) is 17.7 Å². The SMILES string of the molecule is COc1ccc(C(=O)N2C[C@@H](O)C[C@H]2C(=O)O)cc1Br. The maximum absolute atomic E-state index is 12.3. The van der Waals surface area contributed by atoms with Crippen molar-refractivity contribution in [3.05, 3.63) is 28.2 Å². The fourth-order valence-electron chi connectivity index (χ4n) is 2.24. The minimum absolute atomic E-state index is 0.0272. The lowest BCUT2D eigenvalue weighted by molar-refractivity contribution is -0.141. The Bertz CT molecular complexity index is 548. The molecule has 2 atom stereocenters. The smallest absolute Gasteiger partial charge is 0.326 e. The Morgan fingerprint density at radius 3 is 2.70 bits per heavy atom. The summed E-state index contributed by atoms with van der Waals surface area (Å²) in [5.74, 6) is -0.947. The van der Waals surface area contributed by atoms with Crippen LogP contribution < -0.4 is 4.74 Å². The number of nitrogens with zero attached hydrogens (tertiary/aromatic N) is 1. The van der Waals surface area contributed by atoms with Gasteiger partial charge in [0.2, 0.25) is 0 Å². The first-order valence-electron chi connectivity index (χ1n) is 5.99. The molecule has 1 aliphatic rings. The van der Waals surface area contributed by atoms with Crippen LogP contribution in [0.2, 0.25) is 0 Å². The fraction of sp³-hybridized carbons (Fsp3) is 0.385. The molecule has 7 heteroatoms. The van der Waals surface area contributed by atoms with Crippen molar-refractivity contribution in [2.45, 2.75) is 18.6 Å². The molecule has 108 valence electrons. The highest BCUT2D eigenvalue weighted by Crippen LogP contribution is 2.27. The molecule has 2 N–H and O–H groups in total. The van der Waals surface area contributed by atoms with Crippen molar-refractivity contribution in [3.8, 4) is 5.75 Å². The summed E-state index contributed by atoms with van der Waals surface area (Å²) in [7, 11) is 1.51. The molecule has 0 radical (unpaired) electrons. The van der Waals surface area contributed by atoms with Crippen molar-refractivity contribution in [3.63, 3.8) is 0 Å². The van der Waals surface area contributed by atoms with Crippen molar-refractivity contribution >= 4 is 27.8 Å². The number of likely N-dealkylation sites (tertiary alicyclic amines) is 1. The molecule has 1 aromatic carbocycles. The van der Waals surface area contributed by atoms with E-state index in [-0.39, 0.29) is 13.0 Å². The molecule has 0 aromatic heterocycles. The Kier molecular flexibility index (Phi) is 4.29. The van der Waals surface area contributed by atoms with Crippen LogP contribution in [-0.4, -0.2) is 52.8 Å². The van der Waals surface area contributed by atoms with Crippen LogP contribution in [0.5, 0.6) is 5.75 Å². The summed E-state index contributed by atoms with van der Waals surface area (Å²) in [5.41, 5.74) is 0.345. The summed E-state index contributed by atoms with van der Waals surface area (Å²) in [6.07, 6.45) is -0.750. The molecule has 0 aliphatic carbocycles. The van der Waals surface area contributed by atoms with Gasteiger partial charge in [-0.3, -0.25) is 4.79 Å². The van der Waals surface area contributed by atoms with Gasteiger partial charge in [-0.25, -0.2) is 4.79 Å². The molecule has 1 aromatic rings. The highest BCUT2D eigenvalue weighted by molar-refractivity contribution is 9.10. The molecule has 0 bridgehead atoms. The predicted molar refractivity (Wildman–Crippen MR) is 73.8 cm³/mol. The number of carboxylic acids is 1. The van der Waals surface area contributed by atoms with Crippen molar-refractivity contribution in [2.24, 2.45) is 0 Å². The number of amides is 1. The standard InChI is InChI=1S/C13H14BrNO5/c1-20-11-3-2-7(4-9(11)14)12(17)15-6-8(16)5-10(15)13(18)19/h2-4,8,10,16H,5-6H2,1H3,(H,18,19)/t8-,10-/m0/s1. The van der Waals surface area contributed by atoms with Gasteiger partial charge in [0, 0.05) is 18.5 Å². The molecule has 1 amide bonds. The van der Waals surface area contributed by atoms with Gasteiger partial charge >= 0.3 is 5.97 Å². The minimum atomic E-state index is -1.11. The lowest BCUT2D eigenvalue weighted by atomic mass is 10.1. The molecule has 0 spiro atoms. The zero-order chi connectivity index (χ0) is 14.9. The summed E-state index contributed by atoms with van der Waals surface area (Å²) in [6.45, 7) is 0.0272. The molecular weight excluding hydrogens is 330 g/mol. The molecule has 6 nitrogen and oxygen atoms in total. The van der Waals surface area contributed by atoms with E-state index in [4.69, 9.17) is 9.84 Å². The van der Waals surface area contributed by atoms with Crippen LogP contribution in [0.25, 0.3) is 0 Å². The highest BCUT2D eigenvalue weighted by Gasteiger charge is 2.39. The second-order valence-electron chi connectivity index (χ2n) is 4.55. The quantitative estimate of drug-likeness (QED) is 0.858. The summed E-state index contributed by atoms with van der Waals surface area (Å²) in [6, 6.07) is 3.78. The summed E-state index contributed by atoms with van der Waals surface area (Å²) < 4.78 is 5.68. The van der Waals surface area contributed by atoms with Gasteiger partial charge in [-0.05, 0) is 34.1 Å². The molecule has 20 heavy (non-hydrogen) atoms. The molecule has 0 saturated carbocycles. The third-order valence-corrected chi connectivity index (χ3v) is 3.84. The van der Waals surface area contributed by atoms with Crippen LogP contribution in [0, 0.1) is 0 Å². The molecule has 1 heterocycles. The van der Waals surface area contributed by atoms with Crippen LogP contribution in [0.1, 0.15) is 16.8 Å². The maximum atomic E-state index is 12.3. The van der Waals surface area contributed by atoms with E-state index in [0.717, 1.165) is 0 Å². The normalized spacial score (nSPS) is 21.9. The van der Waals surface area contributed by atoms with Gasteiger partial charge in [0.15, 0.2) is 0 Å². The summed E-state index contributed by atoms with van der Waals surface area (Å²) in [4.78, 5) is 24.7. The number of aliphatic hydroxyl groups excluding tert-OH is 1. The summed E-state index contributed by atoms with van der Waals surface area (Å²) in [5, 5.41) is 18.7. The van der Waals surface area contributed by atoms with E-state index < -0.39 is 24.0 Å². The van der Waals surface area contributed by atoms with Gasteiger partial charge in [-0.1, -0.05) is 0 Å².